The predicted octanol–water partition coefficient (Wildman–Crippen LogP) is 2.63. The Balaban J connectivity index is 2.08. The molecule has 0 radical (unpaired) electrons. The number of primary sulfonamides is 1. The van der Waals surface area contributed by atoms with E-state index in [4.69, 9.17) is 28.3 Å². The van der Waals surface area contributed by atoms with Gasteiger partial charge in [0.15, 0.2) is 0 Å². The van der Waals surface area contributed by atoms with Gasteiger partial charge in [-0.1, -0.05) is 23.2 Å². The van der Waals surface area contributed by atoms with Crippen molar-refractivity contribution >= 4 is 49.9 Å². The van der Waals surface area contributed by atoms with Gasteiger partial charge in [-0.15, -0.1) is 0 Å². The minimum Gasteiger partial charge on any atom is -0.369 e. The molecular weight excluding hydrogens is 373 g/mol. The molecule has 0 atom stereocenters. The number of halogens is 2. The van der Waals surface area contributed by atoms with Gasteiger partial charge in [0, 0.05) is 28.7 Å². The second-order valence-corrected chi connectivity index (χ2v) is 7.70. The van der Waals surface area contributed by atoms with Crippen LogP contribution in [0.15, 0.2) is 30.6 Å². The molecule has 2 heterocycles. The molecule has 0 aliphatic heterocycles. The minimum absolute atomic E-state index is 0.135. The van der Waals surface area contributed by atoms with E-state index in [0.29, 0.717) is 21.4 Å². The Morgan fingerprint density at radius 1 is 1.25 bits per heavy atom. The highest BCUT2D eigenvalue weighted by atomic mass is 35.5. The number of nitrogens with two attached hydrogens (primary N) is 1. The maximum atomic E-state index is 11.0. The van der Waals surface area contributed by atoms with Crippen molar-refractivity contribution in [1.29, 1.82) is 0 Å². The number of rotatable bonds is 5. The zero-order chi connectivity index (χ0) is 17.3. The number of H-pyrrole nitrogens is 1. The van der Waals surface area contributed by atoms with Crippen molar-refractivity contribution < 1.29 is 8.42 Å². The number of nitrogens with zero attached hydrogens (tertiary/aromatic N) is 2. The SMILES string of the molecule is NS(=O)(=O)CCNc1cc(-c2cn[nH]c2)c2c(Cl)cc(Cl)cc2n1. The fourth-order valence-corrected chi connectivity index (χ4v) is 3.29. The maximum absolute atomic E-state index is 11.0. The first-order chi connectivity index (χ1) is 11.3. The summed E-state index contributed by atoms with van der Waals surface area (Å²) in [5.74, 6) is 0.282. The molecule has 0 aliphatic rings. The van der Waals surface area contributed by atoms with Crippen molar-refractivity contribution in [3.63, 3.8) is 0 Å². The van der Waals surface area contributed by atoms with Crippen molar-refractivity contribution in [2.24, 2.45) is 5.14 Å². The van der Waals surface area contributed by atoms with E-state index in [1.165, 1.54) is 0 Å². The van der Waals surface area contributed by atoms with Crippen LogP contribution in [0.3, 0.4) is 0 Å². The van der Waals surface area contributed by atoms with Gasteiger partial charge >= 0.3 is 0 Å². The molecule has 0 bridgehead atoms. The molecule has 7 nitrogen and oxygen atoms in total. The lowest BCUT2D eigenvalue weighted by Crippen LogP contribution is -2.22. The highest BCUT2D eigenvalue weighted by Gasteiger charge is 2.13. The van der Waals surface area contributed by atoms with Crippen LogP contribution in [0.4, 0.5) is 5.82 Å². The summed E-state index contributed by atoms with van der Waals surface area (Å²) >= 11 is 12.4. The van der Waals surface area contributed by atoms with Crippen LogP contribution in [0.2, 0.25) is 10.0 Å². The minimum atomic E-state index is -3.55. The number of hydrogen-bond acceptors (Lipinski definition) is 5. The van der Waals surface area contributed by atoms with Gasteiger partial charge in [-0.3, -0.25) is 5.10 Å². The molecule has 0 fully saturated rings. The third-order valence-corrected chi connectivity index (χ3v) is 4.62. The number of pyridine rings is 1. The largest absolute Gasteiger partial charge is 0.369 e. The van der Waals surface area contributed by atoms with E-state index in [2.05, 4.69) is 20.5 Å². The smallest absolute Gasteiger partial charge is 0.210 e. The molecule has 0 saturated carbocycles. The summed E-state index contributed by atoms with van der Waals surface area (Å²) in [6.07, 6.45) is 3.39. The first kappa shape index (κ1) is 17.0. The number of hydrogen-bond donors (Lipinski definition) is 3. The number of sulfonamides is 1. The van der Waals surface area contributed by atoms with Crippen molar-refractivity contribution in [2.45, 2.75) is 0 Å². The van der Waals surface area contributed by atoms with Gasteiger partial charge in [-0.05, 0) is 23.8 Å². The molecule has 0 saturated heterocycles. The van der Waals surface area contributed by atoms with Crippen molar-refractivity contribution in [2.75, 3.05) is 17.6 Å². The zero-order valence-corrected chi connectivity index (χ0v) is 14.6. The first-order valence-electron chi connectivity index (χ1n) is 6.87. The molecule has 10 heteroatoms. The summed E-state index contributed by atoms with van der Waals surface area (Å²) in [6.45, 7) is 0.135. The fourth-order valence-electron chi connectivity index (χ4n) is 2.32. The van der Waals surface area contributed by atoms with Crippen molar-refractivity contribution in [3.05, 3.63) is 40.6 Å². The van der Waals surface area contributed by atoms with Crippen molar-refractivity contribution in [3.8, 4) is 11.1 Å². The third kappa shape index (κ3) is 3.78. The second-order valence-electron chi connectivity index (χ2n) is 5.12. The zero-order valence-electron chi connectivity index (χ0n) is 12.3. The van der Waals surface area contributed by atoms with Gasteiger partial charge in [0.25, 0.3) is 0 Å². The molecule has 0 aliphatic carbocycles. The Labute approximate surface area is 148 Å². The van der Waals surface area contributed by atoms with E-state index in [1.54, 1.807) is 30.6 Å². The lowest BCUT2D eigenvalue weighted by Gasteiger charge is -2.11. The van der Waals surface area contributed by atoms with Crippen LogP contribution in [0.5, 0.6) is 0 Å². The molecule has 126 valence electrons. The van der Waals surface area contributed by atoms with E-state index >= 15 is 0 Å². The monoisotopic (exact) mass is 385 g/mol. The third-order valence-electron chi connectivity index (χ3n) is 3.33. The van der Waals surface area contributed by atoms with Gasteiger partial charge in [0.05, 0.1) is 22.5 Å². The van der Waals surface area contributed by atoms with Crippen LogP contribution in [0.1, 0.15) is 0 Å². The Morgan fingerprint density at radius 2 is 2.04 bits per heavy atom. The molecule has 2 aromatic heterocycles. The summed E-state index contributed by atoms with van der Waals surface area (Å²) in [6, 6.07) is 5.11. The Kier molecular flexibility index (Phi) is 4.64. The highest BCUT2D eigenvalue weighted by Crippen LogP contribution is 2.36. The Morgan fingerprint density at radius 3 is 2.71 bits per heavy atom. The normalized spacial score (nSPS) is 11.8. The number of fused-ring (bicyclic) bond motifs is 1. The van der Waals surface area contributed by atoms with Gasteiger partial charge in [0.1, 0.15) is 5.82 Å². The van der Waals surface area contributed by atoms with Crippen LogP contribution in [0, 0.1) is 0 Å². The first-order valence-corrected chi connectivity index (χ1v) is 9.34. The van der Waals surface area contributed by atoms with Crippen molar-refractivity contribution in [1.82, 2.24) is 15.2 Å². The molecule has 1 aromatic carbocycles. The van der Waals surface area contributed by atoms with Crippen LogP contribution >= 0.6 is 23.2 Å². The summed E-state index contributed by atoms with van der Waals surface area (Å²) in [7, 11) is -3.55. The van der Waals surface area contributed by atoms with Crippen LogP contribution < -0.4 is 10.5 Å². The number of anilines is 1. The molecule has 0 spiro atoms. The van der Waals surface area contributed by atoms with E-state index < -0.39 is 10.0 Å². The lowest BCUT2D eigenvalue weighted by molar-refractivity contribution is 0.598. The topological polar surface area (TPSA) is 114 Å². The molecule has 3 aromatic rings. The molecule has 4 N–H and O–H groups in total. The number of aromatic amines is 1. The van der Waals surface area contributed by atoms with Gasteiger partial charge < -0.3 is 5.32 Å². The molecule has 3 rings (SSSR count). The predicted molar refractivity (Wildman–Crippen MR) is 95.8 cm³/mol. The summed E-state index contributed by atoms with van der Waals surface area (Å²) < 4.78 is 22.1. The summed E-state index contributed by atoms with van der Waals surface area (Å²) in [5, 5.41) is 16.3. The number of benzene rings is 1. The average molecular weight is 386 g/mol. The quantitative estimate of drug-likeness (QED) is 0.624. The lowest BCUT2D eigenvalue weighted by atomic mass is 10.0. The van der Waals surface area contributed by atoms with Crippen LogP contribution in [-0.4, -0.2) is 35.9 Å². The Bertz CT molecular complexity index is 990. The molecular formula is C14H13Cl2N5O2S. The maximum Gasteiger partial charge on any atom is 0.210 e. The van der Waals surface area contributed by atoms with Crippen LogP contribution in [-0.2, 0) is 10.0 Å². The summed E-state index contributed by atoms with van der Waals surface area (Å²) in [4.78, 5) is 4.44. The molecule has 0 unspecified atom stereocenters. The standard InChI is InChI=1S/C14H13Cl2N5O2S/c15-9-3-11(16)14-10(8-6-19-20-7-8)5-13(21-12(14)4-9)18-1-2-24(17,22)23/h3-7H,1-2H2,(H,18,21)(H,19,20)(H2,17,22,23). The van der Waals surface area contributed by atoms with Gasteiger partial charge in [-0.2, -0.15) is 5.10 Å². The fraction of sp³-hybridized carbons (Fsp3) is 0.143. The highest BCUT2D eigenvalue weighted by molar-refractivity contribution is 7.89. The average Bonchev–Trinajstić information content (AvgIpc) is 2.98. The second kappa shape index (κ2) is 6.56. The molecule has 0 amide bonds. The number of aromatic nitrogens is 3. The van der Waals surface area contributed by atoms with Crippen LogP contribution in [0.25, 0.3) is 22.0 Å². The van der Waals surface area contributed by atoms with E-state index in [-0.39, 0.29) is 12.3 Å². The molecule has 24 heavy (non-hydrogen) atoms. The van der Waals surface area contributed by atoms with Gasteiger partial charge in [0.2, 0.25) is 10.0 Å². The summed E-state index contributed by atoms with van der Waals surface area (Å²) in [5.41, 5.74) is 2.21. The van der Waals surface area contributed by atoms with E-state index in [1.807, 2.05) is 0 Å². The van der Waals surface area contributed by atoms with E-state index in [0.717, 1.165) is 16.5 Å². The van der Waals surface area contributed by atoms with Gasteiger partial charge in [-0.25, -0.2) is 18.5 Å². The Hall–Kier alpha value is -1.87. The number of nitrogens with one attached hydrogen (secondary N) is 2. The van der Waals surface area contributed by atoms with E-state index in [9.17, 15) is 8.42 Å².